The van der Waals surface area contributed by atoms with E-state index in [1.54, 1.807) is 12.1 Å². The van der Waals surface area contributed by atoms with Crippen molar-refractivity contribution < 1.29 is 4.92 Å². The number of anilines is 1. The molecule has 2 rings (SSSR count). The summed E-state index contributed by atoms with van der Waals surface area (Å²) >= 11 is 6.72. The van der Waals surface area contributed by atoms with Gasteiger partial charge in [0.15, 0.2) is 5.03 Å². The monoisotopic (exact) mass is 283 g/mol. The number of pyridine rings is 1. The fraction of sp³-hybridized carbons (Fsp3) is 0. The van der Waals surface area contributed by atoms with Crippen molar-refractivity contribution in [3.05, 3.63) is 39.8 Å². The molecule has 0 aliphatic heterocycles. The zero-order chi connectivity index (χ0) is 13.1. The third-order valence-electron chi connectivity index (χ3n) is 1.90. The molecule has 0 radical (unpaired) electrons. The fourth-order valence-electron chi connectivity index (χ4n) is 1.14. The van der Waals surface area contributed by atoms with Gasteiger partial charge in [0, 0.05) is 6.20 Å². The summed E-state index contributed by atoms with van der Waals surface area (Å²) in [6, 6.07) is 3.27. The summed E-state index contributed by atoms with van der Waals surface area (Å²) < 4.78 is 0. The quantitative estimate of drug-likeness (QED) is 0.522. The average Bonchev–Trinajstić information content (AvgIpc) is 2.32. The molecule has 0 spiro atoms. The van der Waals surface area contributed by atoms with Gasteiger partial charge in [0.05, 0.1) is 9.95 Å². The number of hydrogen-bond acceptors (Lipinski definition) is 7. The Hall–Kier alpha value is -1.93. The summed E-state index contributed by atoms with van der Waals surface area (Å²) in [6.45, 7) is 0. The Balaban J connectivity index is 2.37. The average molecular weight is 284 g/mol. The SMILES string of the molecule is Nc1ncnc(Sc2ccc(Cl)cn2)c1[N+](=O)[O-]. The van der Waals surface area contributed by atoms with Crippen LogP contribution >= 0.6 is 23.4 Å². The molecule has 92 valence electrons. The summed E-state index contributed by atoms with van der Waals surface area (Å²) in [5, 5.41) is 12.0. The molecule has 7 nitrogen and oxygen atoms in total. The van der Waals surface area contributed by atoms with Gasteiger partial charge in [-0.25, -0.2) is 15.0 Å². The van der Waals surface area contributed by atoms with Crippen molar-refractivity contribution >= 4 is 34.9 Å². The van der Waals surface area contributed by atoms with E-state index in [1.165, 1.54) is 12.5 Å². The molecule has 0 bridgehead atoms. The highest BCUT2D eigenvalue weighted by atomic mass is 35.5. The zero-order valence-electron chi connectivity index (χ0n) is 8.78. The Morgan fingerprint density at radius 2 is 2.11 bits per heavy atom. The van der Waals surface area contributed by atoms with Gasteiger partial charge in [-0.05, 0) is 23.9 Å². The van der Waals surface area contributed by atoms with Crippen molar-refractivity contribution in [2.75, 3.05) is 5.73 Å². The molecule has 2 heterocycles. The van der Waals surface area contributed by atoms with E-state index >= 15 is 0 Å². The van der Waals surface area contributed by atoms with Gasteiger partial charge in [0.1, 0.15) is 11.4 Å². The van der Waals surface area contributed by atoms with Crippen LogP contribution in [0.25, 0.3) is 0 Å². The molecule has 18 heavy (non-hydrogen) atoms. The van der Waals surface area contributed by atoms with E-state index in [-0.39, 0.29) is 16.5 Å². The second kappa shape index (κ2) is 5.15. The minimum absolute atomic E-state index is 0.141. The maximum atomic E-state index is 10.9. The van der Waals surface area contributed by atoms with Crippen molar-refractivity contribution in [3.8, 4) is 0 Å². The third-order valence-corrected chi connectivity index (χ3v) is 3.07. The van der Waals surface area contributed by atoms with Crippen molar-refractivity contribution in [2.45, 2.75) is 10.1 Å². The lowest BCUT2D eigenvalue weighted by atomic mass is 10.5. The van der Waals surface area contributed by atoms with Crippen LogP contribution in [0.2, 0.25) is 5.02 Å². The topological polar surface area (TPSA) is 108 Å². The van der Waals surface area contributed by atoms with Crippen LogP contribution in [0, 0.1) is 10.1 Å². The number of nitrogens with two attached hydrogens (primary N) is 1. The summed E-state index contributed by atoms with van der Waals surface area (Å²) in [6.07, 6.45) is 2.61. The van der Waals surface area contributed by atoms with E-state index in [2.05, 4.69) is 15.0 Å². The van der Waals surface area contributed by atoms with Crippen LogP contribution in [0.4, 0.5) is 11.5 Å². The first-order chi connectivity index (χ1) is 8.58. The molecular weight excluding hydrogens is 278 g/mol. The highest BCUT2D eigenvalue weighted by molar-refractivity contribution is 7.99. The number of nitrogens with zero attached hydrogens (tertiary/aromatic N) is 4. The van der Waals surface area contributed by atoms with E-state index < -0.39 is 4.92 Å². The van der Waals surface area contributed by atoms with Gasteiger partial charge in [-0.3, -0.25) is 10.1 Å². The van der Waals surface area contributed by atoms with Crippen molar-refractivity contribution in [3.63, 3.8) is 0 Å². The first kappa shape index (κ1) is 12.5. The lowest BCUT2D eigenvalue weighted by Crippen LogP contribution is -2.01. The summed E-state index contributed by atoms with van der Waals surface area (Å²) in [5.74, 6) is -0.175. The van der Waals surface area contributed by atoms with Gasteiger partial charge in [0.2, 0.25) is 5.82 Å². The first-order valence-electron chi connectivity index (χ1n) is 4.62. The van der Waals surface area contributed by atoms with E-state index in [0.717, 1.165) is 11.8 Å². The first-order valence-corrected chi connectivity index (χ1v) is 5.81. The predicted molar refractivity (Wildman–Crippen MR) is 66.5 cm³/mol. The van der Waals surface area contributed by atoms with Gasteiger partial charge in [-0.2, -0.15) is 0 Å². The normalized spacial score (nSPS) is 10.3. The molecule has 0 atom stereocenters. The fourth-order valence-corrected chi connectivity index (χ4v) is 2.07. The Kier molecular flexibility index (Phi) is 3.58. The van der Waals surface area contributed by atoms with E-state index in [0.29, 0.717) is 10.0 Å². The molecular formula is C9H6ClN5O2S. The van der Waals surface area contributed by atoms with Crippen molar-refractivity contribution in [1.29, 1.82) is 0 Å². The van der Waals surface area contributed by atoms with Crippen molar-refractivity contribution in [1.82, 2.24) is 15.0 Å². The van der Waals surface area contributed by atoms with Gasteiger partial charge < -0.3 is 5.73 Å². The Morgan fingerprint density at radius 1 is 1.33 bits per heavy atom. The van der Waals surface area contributed by atoms with Gasteiger partial charge in [-0.1, -0.05) is 11.6 Å². The highest BCUT2D eigenvalue weighted by Crippen LogP contribution is 2.34. The zero-order valence-corrected chi connectivity index (χ0v) is 10.4. The van der Waals surface area contributed by atoms with Crippen LogP contribution in [0.5, 0.6) is 0 Å². The standard InChI is InChI=1S/C9H6ClN5O2S/c10-5-1-2-6(12-3-5)18-9-7(15(16)17)8(11)13-4-14-9/h1-4H,(H2,11,13,14). The number of nitro groups is 1. The maximum Gasteiger partial charge on any atom is 0.343 e. The van der Waals surface area contributed by atoms with Gasteiger partial charge >= 0.3 is 5.69 Å². The third kappa shape index (κ3) is 2.66. The molecule has 9 heteroatoms. The predicted octanol–water partition coefficient (Wildman–Crippen LogP) is 2.17. The Labute approximate surface area is 111 Å². The molecule has 0 saturated carbocycles. The second-order valence-electron chi connectivity index (χ2n) is 3.09. The molecule has 0 saturated heterocycles. The molecule has 0 aromatic carbocycles. The van der Waals surface area contributed by atoms with E-state index in [4.69, 9.17) is 17.3 Å². The molecule has 2 aromatic rings. The van der Waals surface area contributed by atoms with Crippen LogP contribution in [0.1, 0.15) is 0 Å². The Morgan fingerprint density at radius 3 is 2.72 bits per heavy atom. The van der Waals surface area contributed by atoms with Crippen LogP contribution in [0.15, 0.2) is 34.7 Å². The maximum absolute atomic E-state index is 10.9. The molecule has 0 aliphatic rings. The molecule has 0 amide bonds. The van der Waals surface area contributed by atoms with Crippen LogP contribution in [-0.2, 0) is 0 Å². The number of rotatable bonds is 3. The number of nitrogen functional groups attached to an aromatic ring is 1. The van der Waals surface area contributed by atoms with Gasteiger partial charge in [0.25, 0.3) is 0 Å². The molecule has 2 aromatic heterocycles. The van der Waals surface area contributed by atoms with E-state index in [9.17, 15) is 10.1 Å². The number of aromatic nitrogens is 3. The summed E-state index contributed by atoms with van der Waals surface area (Å²) in [7, 11) is 0. The van der Waals surface area contributed by atoms with Crippen LogP contribution in [0.3, 0.4) is 0 Å². The number of hydrogen-bond donors (Lipinski definition) is 1. The highest BCUT2D eigenvalue weighted by Gasteiger charge is 2.21. The Bertz CT molecular complexity index is 592. The van der Waals surface area contributed by atoms with Crippen LogP contribution in [-0.4, -0.2) is 19.9 Å². The number of halogens is 1. The molecule has 0 unspecified atom stereocenters. The lowest BCUT2D eigenvalue weighted by molar-refractivity contribution is -0.387. The van der Waals surface area contributed by atoms with Gasteiger partial charge in [-0.15, -0.1) is 0 Å². The van der Waals surface area contributed by atoms with E-state index in [1.807, 2.05) is 0 Å². The summed E-state index contributed by atoms with van der Waals surface area (Å²) in [5.41, 5.74) is 5.13. The minimum atomic E-state index is -0.617. The molecule has 0 aliphatic carbocycles. The minimum Gasteiger partial charge on any atom is -0.378 e. The summed E-state index contributed by atoms with van der Waals surface area (Å²) in [4.78, 5) is 21.7. The van der Waals surface area contributed by atoms with Crippen LogP contribution < -0.4 is 5.73 Å². The largest absolute Gasteiger partial charge is 0.378 e. The lowest BCUT2D eigenvalue weighted by Gasteiger charge is -2.02. The molecule has 0 fully saturated rings. The second-order valence-corrected chi connectivity index (χ2v) is 4.53. The van der Waals surface area contributed by atoms with Crippen molar-refractivity contribution in [2.24, 2.45) is 0 Å². The molecule has 2 N–H and O–H groups in total. The smallest absolute Gasteiger partial charge is 0.343 e.